The van der Waals surface area contributed by atoms with Crippen LogP contribution < -0.4 is 9.62 Å². The first-order valence-corrected chi connectivity index (χ1v) is 13.7. The van der Waals surface area contributed by atoms with Gasteiger partial charge in [-0.1, -0.05) is 56.2 Å². The molecule has 1 atom stereocenters. The molecule has 0 saturated carbocycles. The van der Waals surface area contributed by atoms with Crippen molar-refractivity contribution in [1.29, 1.82) is 0 Å². The van der Waals surface area contributed by atoms with Gasteiger partial charge in [-0.2, -0.15) is 0 Å². The Morgan fingerprint density at radius 1 is 1.11 bits per heavy atom. The molecule has 10 nitrogen and oxygen atoms in total. The van der Waals surface area contributed by atoms with Crippen LogP contribution in [0.1, 0.15) is 44.2 Å². The number of unbranched alkanes of at least 4 members (excludes halogenated alkanes) is 1. The molecular formula is C25H34N4O6S. The monoisotopic (exact) mass is 518 g/mol. The number of nitro groups is 1. The number of carbonyl (C=O) groups excluding carboxylic acids is 2. The van der Waals surface area contributed by atoms with E-state index in [1.807, 2.05) is 38.1 Å². The number of nitro benzene ring substituents is 1. The summed E-state index contributed by atoms with van der Waals surface area (Å²) in [4.78, 5) is 38.6. The topological polar surface area (TPSA) is 130 Å². The summed E-state index contributed by atoms with van der Waals surface area (Å²) in [6.07, 6.45) is 2.95. The Morgan fingerprint density at radius 2 is 1.78 bits per heavy atom. The number of benzene rings is 2. The Kier molecular flexibility index (Phi) is 10.4. The third-order valence-electron chi connectivity index (χ3n) is 5.70. The Balaban J connectivity index is 2.43. The van der Waals surface area contributed by atoms with Crippen molar-refractivity contribution in [1.82, 2.24) is 10.2 Å². The summed E-state index contributed by atoms with van der Waals surface area (Å²) in [5.74, 6) is -0.905. The van der Waals surface area contributed by atoms with Crippen molar-refractivity contribution in [2.45, 2.75) is 52.6 Å². The fourth-order valence-corrected chi connectivity index (χ4v) is 4.53. The summed E-state index contributed by atoms with van der Waals surface area (Å²) in [6.45, 7) is 5.70. The van der Waals surface area contributed by atoms with Crippen LogP contribution in [-0.4, -0.2) is 55.4 Å². The van der Waals surface area contributed by atoms with Gasteiger partial charge in [0.25, 0.3) is 5.69 Å². The SMILES string of the molecule is CCCCNC(=O)C(CC)N(Cc1ccc(C)cc1)C(=O)CN(c1cccc([N+](=O)[O-])c1)S(C)(=O)=O. The van der Waals surface area contributed by atoms with E-state index in [2.05, 4.69) is 5.32 Å². The molecule has 0 heterocycles. The summed E-state index contributed by atoms with van der Waals surface area (Å²) < 4.78 is 26.1. The molecule has 2 aromatic carbocycles. The first kappa shape index (κ1) is 28.8. The molecule has 36 heavy (non-hydrogen) atoms. The number of hydrogen-bond donors (Lipinski definition) is 1. The van der Waals surface area contributed by atoms with Crippen LogP contribution in [0.4, 0.5) is 11.4 Å². The number of carbonyl (C=O) groups is 2. The lowest BCUT2D eigenvalue weighted by atomic mass is 10.1. The van der Waals surface area contributed by atoms with Crippen molar-refractivity contribution < 1.29 is 22.9 Å². The minimum absolute atomic E-state index is 0.00391. The molecule has 0 radical (unpaired) electrons. The van der Waals surface area contributed by atoms with Gasteiger partial charge in [0.1, 0.15) is 12.6 Å². The molecule has 0 aliphatic carbocycles. The van der Waals surface area contributed by atoms with Crippen molar-refractivity contribution in [2.24, 2.45) is 0 Å². The zero-order valence-corrected chi connectivity index (χ0v) is 22.0. The maximum Gasteiger partial charge on any atom is 0.271 e. The van der Waals surface area contributed by atoms with E-state index >= 15 is 0 Å². The van der Waals surface area contributed by atoms with Gasteiger partial charge in [0.2, 0.25) is 21.8 Å². The second kappa shape index (κ2) is 13.0. The van der Waals surface area contributed by atoms with Gasteiger partial charge in [0, 0.05) is 25.2 Å². The number of hydrogen-bond acceptors (Lipinski definition) is 6. The average molecular weight is 519 g/mol. The van der Waals surface area contributed by atoms with Crippen LogP contribution in [-0.2, 0) is 26.2 Å². The van der Waals surface area contributed by atoms with Gasteiger partial charge in [-0.25, -0.2) is 8.42 Å². The maximum atomic E-state index is 13.6. The molecular weight excluding hydrogens is 484 g/mol. The summed E-state index contributed by atoms with van der Waals surface area (Å²) in [7, 11) is -3.98. The van der Waals surface area contributed by atoms with E-state index in [4.69, 9.17) is 0 Å². The van der Waals surface area contributed by atoms with E-state index in [-0.39, 0.29) is 23.8 Å². The summed E-state index contributed by atoms with van der Waals surface area (Å²) >= 11 is 0. The maximum absolute atomic E-state index is 13.6. The number of nitrogens with one attached hydrogen (secondary N) is 1. The van der Waals surface area contributed by atoms with E-state index in [9.17, 15) is 28.1 Å². The predicted octanol–water partition coefficient (Wildman–Crippen LogP) is 3.39. The minimum atomic E-state index is -3.98. The molecule has 1 N–H and O–H groups in total. The number of rotatable bonds is 13. The molecule has 2 amide bonds. The summed E-state index contributed by atoms with van der Waals surface area (Å²) in [5, 5.41) is 14.1. The Labute approximate surface area is 212 Å². The highest BCUT2D eigenvalue weighted by Crippen LogP contribution is 2.24. The van der Waals surface area contributed by atoms with Crippen LogP contribution in [0, 0.1) is 17.0 Å². The van der Waals surface area contributed by atoms with Gasteiger partial charge in [-0.05, 0) is 31.4 Å². The van der Waals surface area contributed by atoms with Gasteiger partial charge in [0.15, 0.2) is 0 Å². The molecule has 0 fully saturated rings. The molecule has 0 saturated heterocycles. The number of nitrogens with zero attached hydrogens (tertiary/aromatic N) is 3. The summed E-state index contributed by atoms with van der Waals surface area (Å²) in [5.41, 5.74) is 1.52. The van der Waals surface area contributed by atoms with Gasteiger partial charge in [-0.15, -0.1) is 0 Å². The third-order valence-corrected chi connectivity index (χ3v) is 6.84. The first-order valence-electron chi connectivity index (χ1n) is 11.8. The minimum Gasteiger partial charge on any atom is -0.354 e. The van der Waals surface area contributed by atoms with Crippen LogP contribution in [0.5, 0.6) is 0 Å². The molecule has 0 aliphatic heterocycles. The van der Waals surface area contributed by atoms with E-state index in [0.717, 1.165) is 40.6 Å². The van der Waals surface area contributed by atoms with E-state index in [0.29, 0.717) is 13.0 Å². The lowest BCUT2D eigenvalue weighted by Crippen LogP contribution is -2.52. The third kappa shape index (κ3) is 8.04. The molecule has 1 unspecified atom stereocenters. The van der Waals surface area contributed by atoms with Gasteiger partial charge >= 0.3 is 0 Å². The van der Waals surface area contributed by atoms with E-state index in [1.165, 1.54) is 23.1 Å². The molecule has 2 rings (SSSR count). The van der Waals surface area contributed by atoms with Crippen molar-refractivity contribution in [3.05, 3.63) is 69.8 Å². The highest BCUT2D eigenvalue weighted by molar-refractivity contribution is 7.92. The molecule has 196 valence electrons. The van der Waals surface area contributed by atoms with Gasteiger partial charge in [0.05, 0.1) is 16.9 Å². The van der Waals surface area contributed by atoms with E-state index < -0.39 is 33.4 Å². The Bertz CT molecular complexity index is 1170. The number of sulfonamides is 1. The van der Waals surface area contributed by atoms with Crippen LogP contribution in [0.25, 0.3) is 0 Å². The smallest absolute Gasteiger partial charge is 0.271 e. The first-order chi connectivity index (χ1) is 17.0. The molecule has 0 aromatic heterocycles. The molecule has 0 bridgehead atoms. The predicted molar refractivity (Wildman–Crippen MR) is 139 cm³/mol. The number of aryl methyl sites for hydroxylation is 1. The molecule has 0 spiro atoms. The highest BCUT2D eigenvalue weighted by atomic mass is 32.2. The molecule has 11 heteroatoms. The average Bonchev–Trinajstić information content (AvgIpc) is 2.83. The fourth-order valence-electron chi connectivity index (χ4n) is 3.69. The molecule has 2 aromatic rings. The lowest BCUT2D eigenvalue weighted by Gasteiger charge is -2.32. The van der Waals surface area contributed by atoms with Gasteiger partial charge < -0.3 is 10.2 Å². The zero-order chi connectivity index (χ0) is 26.9. The second-order valence-corrected chi connectivity index (χ2v) is 10.5. The number of amides is 2. The quantitative estimate of drug-likeness (QED) is 0.246. The van der Waals surface area contributed by atoms with Crippen molar-refractivity contribution in [3.8, 4) is 0 Å². The normalized spacial score (nSPS) is 12.0. The molecule has 0 aliphatic rings. The van der Waals surface area contributed by atoms with Crippen molar-refractivity contribution in [3.63, 3.8) is 0 Å². The van der Waals surface area contributed by atoms with Crippen LogP contribution in [0.3, 0.4) is 0 Å². The number of non-ortho nitro benzene ring substituents is 1. The van der Waals surface area contributed by atoms with Crippen molar-refractivity contribution in [2.75, 3.05) is 23.7 Å². The highest BCUT2D eigenvalue weighted by Gasteiger charge is 2.32. The standard InChI is InChI=1S/C25H34N4O6S/c1-5-7-15-26-25(31)23(6-2)27(17-20-13-11-19(3)12-14-20)24(30)18-28(36(4,34)35)21-9-8-10-22(16-21)29(32)33/h8-14,16,23H,5-7,15,17-18H2,1-4H3,(H,26,31). The Hall–Kier alpha value is -3.47. The second-order valence-electron chi connectivity index (χ2n) is 8.62. The largest absolute Gasteiger partial charge is 0.354 e. The Morgan fingerprint density at radius 3 is 2.33 bits per heavy atom. The lowest BCUT2D eigenvalue weighted by molar-refractivity contribution is -0.384. The van der Waals surface area contributed by atoms with Crippen LogP contribution in [0.2, 0.25) is 0 Å². The van der Waals surface area contributed by atoms with Gasteiger partial charge in [-0.3, -0.25) is 24.0 Å². The summed E-state index contributed by atoms with van der Waals surface area (Å²) in [6, 6.07) is 11.8. The number of anilines is 1. The zero-order valence-electron chi connectivity index (χ0n) is 21.1. The van der Waals surface area contributed by atoms with Crippen molar-refractivity contribution >= 4 is 33.2 Å². The fraction of sp³-hybridized carbons (Fsp3) is 0.440. The van der Waals surface area contributed by atoms with Crippen LogP contribution >= 0.6 is 0 Å². The van der Waals surface area contributed by atoms with E-state index in [1.54, 1.807) is 6.92 Å². The van der Waals surface area contributed by atoms with Crippen LogP contribution in [0.15, 0.2) is 48.5 Å².